The lowest BCUT2D eigenvalue weighted by Gasteiger charge is -2.41. The van der Waals surface area contributed by atoms with Crippen LogP contribution in [0.25, 0.3) is 0 Å². The van der Waals surface area contributed by atoms with Gasteiger partial charge in [0.05, 0.1) is 34.8 Å². The molecule has 15 rings (SSSR count). The molecule has 0 aromatic heterocycles. The van der Waals surface area contributed by atoms with Crippen molar-refractivity contribution in [1.82, 2.24) is 0 Å². The van der Waals surface area contributed by atoms with E-state index in [9.17, 15) is 42.1 Å². The fourth-order valence-corrected chi connectivity index (χ4v) is 24.6. The normalized spacial score (nSPS) is 60.9. The summed E-state index contributed by atoms with van der Waals surface area (Å²) in [6.07, 6.45) is 4.61. The van der Waals surface area contributed by atoms with Crippen molar-refractivity contribution in [2.75, 3.05) is 0 Å². The number of hydrogen-bond acceptors (Lipinski definition) is 19. The molecule has 13 aliphatic heterocycles. The highest BCUT2D eigenvalue weighted by atomic mass is 32.2. The summed E-state index contributed by atoms with van der Waals surface area (Å²) in [5, 5.41) is -1.79. The maximum atomic E-state index is 12.1. The van der Waals surface area contributed by atoms with Gasteiger partial charge in [-0.3, -0.25) is 20.9 Å². The van der Waals surface area contributed by atoms with Crippen LogP contribution >= 0.6 is 0 Å². The first-order chi connectivity index (χ1) is 28.9. The van der Waals surface area contributed by atoms with Gasteiger partial charge in [0.15, 0.2) is 0 Å². The number of hydrogen-bond donors (Lipinski definition) is 0. The van der Waals surface area contributed by atoms with E-state index in [1.165, 1.54) is 0 Å². The molecule has 0 aromatic rings. The average molecular weight is 991 g/mol. The summed E-state index contributed by atoms with van der Waals surface area (Å²) in [6, 6.07) is 0. The zero-order valence-corrected chi connectivity index (χ0v) is 40.4. The second-order valence-corrected chi connectivity index (χ2v) is 30.8. The van der Waals surface area contributed by atoms with Gasteiger partial charge < -0.3 is 18.9 Å². The van der Waals surface area contributed by atoms with Crippen LogP contribution in [0, 0.1) is 28.6 Å². The fraction of sp³-hybridized carbons (Fsp3) is 1.00. The van der Waals surface area contributed by atoms with E-state index in [0.29, 0.717) is 37.5 Å². The molecule has 13 saturated heterocycles. The Bertz CT molecular complexity index is 2550. The molecule has 0 radical (unpaired) electrons. The van der Waals surface area contributed by atoms with Gasteiger partial charge in [0.1, 0.15) is 69.3 Å². The Balaban J connectivity index is 0.0000000886. The maximum absolute atomic E-state index is 12.1. The summed E-state index contributed by atoms with van der Waals surface area (Å²) < 4.78 is 162. The summed E-state index contributed by atoms with van der Waals surface area (Å²) in [7, 11) is -16.5. The minimum absolute atomic E-state index is 0.109. The minimum Gasteiger partial charge on any atom is -0.371 e. The van der Waals surface area contributed by atoms with Crippen molar-refractivity contribution < 1.29 is 82.0 Å². The molecule has 0 N–H and O–H groups in total. The standard InChI is InChI=1S/C12H20O3S.3C7H10O4S.C6H8O4S/c1-7-10(3)6-9-11(7,4)12(5,8(10)2)15-16(9,13)14;1-7-2-4-6(10-7)5(3-7)12(8,9)11-4;1-7-3-4-2-5(6(7)10-4)12(8,9)11-7;1-3-4-2-5-7(10-4)6(3)11-12(5,8)9;7-11(8)5-2-3-1-4(10-11)6(5)9-3/h7-9H,6H2,1-5H3;2*4-6H,2-3H2,1H3;3-7H,2H2,1H3;3-6H,1-2H2. The van der Waals surface area contributed by atoms with Crippen molar-refractivity contribution in [2.24, 2.45) is 28.6 Å². The van der Waals surface area contributed by atoms with Gasteiger partial charge in [-0.2, -0.15) is 42.1 Å². The van der Waals surface area contributed by atoms with Crippen molar-refractivity contribution in [1.29, 1.82) is 0 Å². The highest BCUT2D eigenvalue weighted by Crippen LogP contribution is 2.77. The lowest BCUT2D eigenvalue weighted by atomic mass is 9.66. The molecule has 358 valence electrons. The van der Waals surface area contributed by atoms with Crippen LogP contribution in [0.1, 0.15) is 107 Å². The van der Waals surface area contributed by atoms with Crippen molar-refractivity contribution in [2.45, 2.75) is 211 Å². The van der Waals surface area contributed by atoms with Gasteiger partial charge in [0, 0.05) is 30.6 Å². The Morgan fingerprint density at radius 1 is 0.476 bits per heavy atom. The Kier molecular flexibility index (Phi) is 9.38. The van der Waals surface area contributed by atoms with Crippen LogP contribution in [0.15, 0.2) is 0 Å². The monoisotopic (exact) mass is 990 g/mol. The Morgan fingerprint density at radius 3 is 1.62 bits per heavy atom. The molecule has 23 atom stereocenters. The van der Waals surface area contributed by atoms with Crippen LogP contribution < -0.4 is 0 Å². The van der Waals surface area contributed by atoms with E-state index in [2.05, 4.69) is 27.7 Å². The predicted octanol–water partition coefficient (Wildman–Crippen LogP) is 1.78. The van der Waals surface area contributed by atoms with Crippen molar-refractivity contribution in [3.8, 4) is 0 Å². The molecule has 2 aliphatic carbocycles. The molecule has 0 amide bonds. The lowest BCUT2D eigenvalue weighted by molar-refractivity contribution is -0.0317. The molecule has 24 heteroatoms. The fourth-order valence-electron chi connectivity index (χ4n) is 15.0. The van der Waals surface area contributed by atoms with E-state index in [4.69, 9.17) is 39.9 Å². The summed E-state index contributed by atoms with van der Waals surface area (Å²) in [6.45, 7) is 16.5. The van der Waals surface area contributed by atoms with E-state index < -0.39 is 61.8 Å². The van der Waals surface area contributed by atoms with E-state index in [1.807, 2.05) is 27.7 Å². The zero-order chi connectivity index (χ0) is 45.4. The minimum atomic E-state index is -3.35. The van der Waals surface area contributed by atoms with Gasteiger partial charge in [0.2, 0.25) is 0 Å². The summed E-state index contributed by atoms with van der Waals surface area (Å²) in [5.41, 5.74) is -1.38. The predicted molar refractivity (Wildman–Crippen MR) is 217 cm³/mol. The van der Waals surface area contributed by atoms with E-state index in [0.717, 1.165) is 25.7 Å². The third-order valence-electron chi connectivity index (χ3n) is 18.7. The molecule has 15 aliphatic rings. The van der Waals surface area contributed by atoms with Crippen LogP contribution in [-0.2, 0) is 90.5 Å². The molecule has 19 nitrogen and oxygen atoms in total. The van der Waals surface area contributed by atoms with E-state index in [1.54, 1.807) is 0 Å². The van der Waals surface area contributed by atoms with E-state index in [-0.39, 0.29) is 110 Å². The zero-order valence-electron chi connectivity index (χ0n) is 36.3. The van der Waals surface area contributed by atoms with Crippen molar-refractivity contribution in [3.05, 3.63) is 0 Å². The first-order valence-electron chi connectivity index (χ1n) is 22.2. The molecule has 13 heterocycles. The molecule has 15 fully saturated rings. The quantitative estimate of drug-likeness (QED) is 0.314. The third kappa shape index (κ3) is 5.97. The highest BCUT2D eigenvalue weighted by Gasteiger charge is 2.82. The Hall–Kier alpha value is -0.610. The molecule has 10 bridgehead atoms. The van der Waals surface area contributed by atoms with Crippen LogP contribution in [0.4, 0.5) is 0 Å². The van der Waals surface area contributed by atoms with Gasteiger partial charge >= 0.3 is 0 Å². The summed E-state index contributed by atoms with van der Waals surface area (Å²) in [5.74, 6) is 0.944. The second kappa shape index (κ2) is 13.2. The summed E-state index contributed by atoms with van der Waals surface area (Å²) in [4.78, 5) is 0. The van der Waals surface area contributed by atoms with Crippen LogP contribution in [0.5, 0.6) is 0 Å². The SMILES string of the molecule is CC12CC3CC(C1O3)S(=O)(=O)O2.CC12CC3OS(=O)(=O)C(C1)C3O2.CC1C2(C)CC3C(C)(C2C)C1(C)OS3(=O)=O.CC1C2CC3C(O2)C1OS3(=O)=O.O=S1(=O)OC2CC3CC1C2O3. The smallest absolute Gasteiger partial charge is 0.273 e. The first-order valence-corrected chi connectivity index (χ1v) is 29.5. The second-order valence-electron chi connectivity index (χ2n) is 21.9. The highest BCUT2D eigenvalue weighted by molar-refractivity contribution is 7.88. The molecular formula is C39H58O19S5. The van der Waals surface area contributed by atoms with Crippen LogP contribution in [-0.4, -0.2) is 146 Å². The molecule has 0 aromatic carbocycles. The van der Waals surface area contributed by atoms with Crippen molar-refractivity contribution >= 4 is 50.6 Å². The van der Waals surface area contributed by atoms with Gasteiger partial charge in [-0.25, -0.2) is 0 Å². The van der Waals surface area contributed by atoms with Gasteiger partial charge in [-0.15, -0.1) is 0 Å². The average Bonchev–Trinajstić information content (AvgIpc) is 4.03. The number of ether oxygens (including phenoxy) is 4. The number of fused-ring (bicyclic) bond motifs is 5. The molecule has 63 heavy (non-hydrogen) atoms. The van der Waals surface area contributed by atoms with Gasteiger partial charge in [0.25, 0.3) is 50.6 Å². The van der Waals surface area contributed by atoms with Crippen LogP contribution in [0.2, 0.25) is 0 Å². The van der Waals surface area contributed by atoms with Gasteiger partial charge in [-0.05, 0) is 70.1 Å². The molecule has 0 spiro atoms. The van der Waals surface area contributed by atoms with Crippen LogP contribution in [0.3, 0.4) is 0 Å². The lowest BCUT2D eigenvalue weighted by Crippen LogP contribution is -2.48. The van der Waals surface area contributed by atoms with E-state index >= 15 is 0 Å². The molecule has 2 saturated carbocycles. The largest absolute Gasteiger partial charge is 0.371 e. The Morgan fingerprint density at radius 2 is 1.11 bits per heavy atom. The summed E-state index contributed by atoms with van der Waals surface area (Å²) >= 11 is 0. The third-order valence-corrected chi connectivity index (χ3v) is 27.6. The molecule has 23 unspecified atom stereocenters. The topological polar surface area (TPSA) is 254 Å². The van der Waals surface area contributed by atoms with Gasteiger partial charge in [-0.1, -0.05) is 34.6 Å². The number of rotatable bonds is 0. The maximum Gasteiger partial charge on any atom is 0.273 e. The van der Waals surface area contributed by atoms with Crippen molar-refractivity contribution in [3.63, 3.8) is 0 Å². The molecular weight excluding hydrogens is 933 g/mol. The Labute approximate surface area is 370 Å². The first kappa shape index (κ1) is 44.9.